The maximum absolute atomic E-state index is 12.5. The Balaban J connectivity index is 1.70. The van der Waals surface area contributed by atoms with Gasteiger partial charge in [0, 0.05) is 38.8 Å². The molecule has 0 bridgehead atoms. The molecule has 2 heterocycles. The lowest BCUT2D eigenvalue weighted by Crippen LogP contribution is -2.47. The second-order valence-electron chi connectivity index (χ2n) is 6.32. The molecular weight excluding hydrogens is 311 g/mol. The number of nitrogens with zero attached hydrogens (tertiary/aromatic N) is 5. The molecule has 0 radical (unpaired) electrons. The van der Waals surface area contributed by atoms with Crippen LogP contribution in [0, 0.1) is 0 Å². The first-order valence-corrected chi connectivity index (χ1v) is 8.97. The van der Waals surface area contributed by atoms with Gasteiger partial charge in [-0.1, -0.05) is 12.8 Å². The van der Waals surface area contributed by atoms with Gasteiger partial charge in [0.2, 0.25) is 11.9 Å². The zero-order chi connectivity index (χ0) is 16.8. The number of alkyl halides is 1. The molecule has 1 aliphatic carbocycles. The Morgan fingerprint density at radius 2 is 1.88 bits per heavy atom. The molecule has 1 aromatic rings. The number of hydrogen-bond acceptors (Lipinski definition) is 7. The minimum Gasteiger partial charge on any atom is -0.464 e. The maximum Gasteiger partial charge on any atom is 0.323 e. The van der Waals surface area contributed by atoms with Crippen LogP contribution in [0.4, 0.5) is 16.3 Å². The quantitative estimate of drug-likeness (QED) is 0.812. The third kappa shape index (κ3) is 4.43. The van der Waals surface area contributed by atoms with Gasteiger partial charge in [0.15, 0.2) is 0 Å². The molecule has 8 heteroatoms. The van der Waals surface area contributed by atoms with Crippen molar-refractivity contribution in [3.05, 3.63) is 0 Å². The monoisotopic (exact) mass is 338 g/mol. The van der Waals surface area contributed by atoms with Gasteiger partial charge in [-0.15, -0.1) is 0 Å². The summed E-state index contributed by atoms with van der Waals surface area (Å²) in [6.45, 7) is 5.88. The Morgan fingerprint density at radius 3 is 2.54 bits per heavy atom. The predicted octanol–water partition coefficient (Wildman–Crippen LogP) is 1.72. The average Bonchev–Trinajstić information content (AvgIpc) is 3.09. The molecular formula is C16H27FN6O. The van der Waals surface area contributed by atoms with Crippen LogP contribution in [0.2, 0.25) is 0 Å². The number of ether oxygens (including phenoxy) is 1. The first kappa shape index (κ1) is 17.1. The van der Waals surface area contributed by atoms with Gasteiger partial charge in [0.05, 0.1) is 6.61 Å². The summed E-state index contributed by atoms with van der Waals surface area (Å²) in [6, 6.07) is 0.810. The van der Waals surface area contributed by atoms with Crippen molar-refractivity contribution >= 4 is 11.9 Å². The zero-order valence-electron chi connectivity index (χ0n) is 14.4. The van der Waals surface area contributed by atoms with Crippen LogP contribution in [0.3, 0.4) is 0 Å². The SMILES string of the molecule is CCOc1nc(NC2CCCC2)nc(N2CCN(CCF)CC2)n1. The molecule has 3 rings (SSSR count). The summed E-state index contributed by atoms with van der Waals surface area (Å²) in [5, 5.41) is 3.42. The van der Waals surface area contributed by atoms with E-state index in [0.717, 1.165) is 39.0 Å². The highest BCUT2D eigenvalue weighted by atomic mass is 19.1. The van der Waals surface area contributed by atoms with Crippen molar-refractivity contribution in [3.8, 4) is 6.01 Å². The lowest BCUT2D eigenvalue weighted by atomic mass is 10.2. The van der Waals surface area contributed by atoms with Crippen LogP contribution in [0.15, 0.2) is 0 Å². The molecule has 2 aliphatic rings. The fourth-order valence-corrected chi connectivity index (χ4v) is 3.29. The van der Waals surface area contributed by atoms with E-state index >= 15 is 0 Å². The smallest absolute Gasteiger partial charge is 0.323 e. The summed E-state index contributed by atoms with van der Waals surface area (Å²) in [5.41, 5.74) is 0. The van der Waals surface area contributed by atoms with E-state index in [0.29, 0.717) is 37.1 Å². The minimum absolute atomic E-state index is 0.296. The highest BCUT2D eigenvalue weighted by Crippen LogP contribution is 2.23. The van der Waals surface area contributed by atoms with Crippen LogP contribution < -0.4 is 15.0 Å². The van der Waals surface area contributed by atoms with E-state index in [-0.39, 0.29) is 6.67 Å². The van der Waals surface area contributed by atoms with Crippen LogP contribution in [0.5, 0.6) is 6.01 Å². The molecule has 7 nitrogen and oxygen atoms in total. The van der Waals surface area contributed by atoms with E-state index < -0.39 is 0 Å². The molecule has 0 aromatic carbocycles. The second-order valence-corrected chi connectivity index (χ2v) is 6.32. The first-order valence-electron chi connectivity index (χ1n) is 8.97. The van der Waals surface area contributed by atoms with E-state index in [1.165, 1.54) is 12.8 Å². The molecule has 134 valence electrons. The van der Waals surface area contributed by atoms with Crippen LogP contribution in [-0.2, 0) is 0 Å². The van der Waals surface area contributed by atoms with Gasteiger partial charge in [-0.3, -0.25) is 4.90 Å². The van der Waals surface area contributed by atoms with Crippen molar-refractivity contribution in [2.24, 2.45) is 0 Å². The highest BCUT2D eigenvalue weighted by Gasteiger charge is 2.22. The van der Waals surface area contributed by atoms with Crippen LogP contribution in [0.25, 0.3) is 0 Å². The molecule has 1 saturated heterocycles. The number of halogens is 1. The summed E-state index contributed by atoms with van der Waals surface area (Å²) in [5.74, 6) is 1.25. The van der Waals surface area contributed by atoms with Gasteiger partial charge < -0.3 is 15.0 Å². The Morgan fingerprint density at radius 1 is 1.12 bits per heavy atom. The average molecular weight is 338 g/mol. The largest absolute Gasteiger partial charge is 0.464 e. The topological polar surface area (TPSA) is 66.4 Å². The summed E-state index contributed by atoms with van der Waals surface area (Å²) < 4.78 is 18.0. The van der Waals surface area contributed by atoms with Crippen molar-refractivity contribution in [2.75, 3.05) is 56.2 Å². The lowest BCUT2D eigenvalue weighted by molar-refractivity contribution is 0.234. The van der Waals surface area contributed by atoms with Crippen molar-refractivity contribution in [2.45, 2.75) is 38.6 Å². The Bertz CT molecular complexity index is 517. The van der Waals surface area contributed by atoms with Crippen molar-refractivity contribution < 1.29 is 9.13 Å². The maximum atomic E-state index is 12.5. The summed E-state index contributed by atoms with van der Waals surface area (Å²) in [4.78, 5) is 17.7. The van der Waals surface area contributed by atoms with Crippen LogP contribution in [-0.4, -0.2) is 71.9 Å². The molecule has 0 spiro atoms. The molecule has 1 aromatic heterocycles. The third-order valence-electron chi connectivity index (χ3n) is 4.62. The van der Waals surface area contributed by atoms with Crippen molar-refractivity contribution in [3.63, 3.8) is 0 Å². The molecule has 0 atom stereocenters. The van der Waals surface area contributed by atoms with Gasteiger partial charge in [-0.05, 0) is 19.8 Å². The minimum atomic E-state index is -0.296. The number of nitrogens with one attached hydrogen (secondary N) is 1. The van der Waals surface area contributed by atoms with E-state index in [1.54, 1.807) is 0 Å². The van der Waals surface area contributed by atoms with Gasteiger partial charge in [0.25, 0.3) is 0 Å². The molecule has 24 heavy (non-hydrogen) atoms. The second kappa shape index (κ2) is 8.41. The molecule has 1 saturated carbocycles. The predicted molar refractivity (Wildman–Crippen MR) is 91.5 cm³/mol. The number of aromatic nitrogens is 3. The first-order chi connectivity index (χ1) is 11.8. The van der Waals surface area contributed by atoms with Gasteiger partial charge >= 0.3 is 6.01 Å². The van der Waals surface area contributed by atoms with Crippen LogP contribution in [0.1, 0.15) is 32.6 Å². The Hall–Kier alpha value is -1.70. The molecule has 0 unspecified atom stereocenters. The third-order valence-corrected chi connectivity index (χ3v) is 4.62. The van der Waals surface area contributed by atoms with Crippen molar-refractivity contribution in [1.82, 2.24) is 19.9 Å². The van der Waals surface area contributed by atoms with Crippen LogP contribution >= 0.6 is 0 Å². The fraction of sp³-hybridized carbons (Fsp3) is 0.812. The van der Waals surface area contributed by atoms with E-state index in [2.05, 4.69) is 30.1 Å². The number of hydrogen-bond donors (Lipinski definition) is 1. The van der Waals surface area contributed by atoms with E-state index in [4.69, 9.17) is 4.74 Å². The van der Waals surface area contributed by atoms with Gasteiger partial charge in [-0.2, -0.15) is 15.0 Å². The Labute approximate surface area is 142 Å². The Kier molecular flexibility index (Phi) is 6.01. The summed E-state index contributed by atoms with van der Waals surface area (Å²) >= 11 is 0. The zero-order valence-corrected chi connectivity index (χ0v) is 14.4. The standard InChI is InChI=1S/C16H27FN6O/c1-2-24-16-20-14(18-13-5-3-4-6-13)19-15(21-16)23-11-9-22(8-7-17)10-12-23/h13H,2-12H2,1H3,(H,18,19,20,21). The number of piperazine rings is 1. The molecule has 1 aliphatic heterocycles. The lowest BCUT2D eigenvalue weighted by Gasteiger charge is -2.34. The highest BCUT2D eigenvalue weighted by molar-refractivity contribution is 5.39. The number of anilines is 2. The summed E-state index contributed by atoms with van der Waals surface area (Å²) in [6.07, 6.45) is 4.83. The van der Waals surface area contributed by atoms with E-state index in [9.17, 15) is 4.39 Å². The molecule has 1 N–H and O–H groups in total. The normalized spacial score (nSPS) is 19.7. The number of rotatable bonds is 7. The van der Waals surface area contributed by atoms with Gasteiger partial charge in [0.1, 0.15) is 6.67 Å². The van der Waals surface area contributed by atoms with E-state index in [1.807, 2.05) is 6.92 Å². The van der Waals surface area contributed by atoms with Crippen molar-refractivity contribution in [1.29, 1.82) is 0 Å². The fourth-order valence-electron chi connectivity index (χ4n) is 3.29. The summed E-state index contributed by atoms with van der Waals surface area (Å²) in [7, 11) is 0. The molecule has 2 fully saturated rings. The van der Waals surface area contributed by atoms with Gasteiger partial charge in [-0.25, -0.2) is 4.39 Å². The molecule has 0 amide bonds.